The molecule has 0 atom stereocenters. The van der Waals surface area contributed by atoms with Crippen molar-refractivity contribution in [2.75, 3.05) is 0 Å². The molecule has 0 unspecified atom stereocenters. The Kier molecular flexibility index (Phi) is 6.74. The topological polar surface area (TPSA) is 17.1 Å². The Labute approximate surface area is 173 Å². The molecule has 0 spiro atoms. The third kappa shape index (κ3) is 6.10. The quantitative estimate of drug-likeness (QED) is 0.417. The first kappa shape index (κ1) is 20.4. The van der Waals surface area contributed by atoms with Crippen molar-refractivity contribution < 1.29 is 4.79 Å². The van der Waals surface area contributed by atoms with Gasteiger partial charge in [-0.2, -0.15) is 11.8 Å². The van der Waals surface area contributed by atoms with Gasteiger partial charge in [-0.05, 0) is 29.5 Å². The lowest BCUT2D eigenvalue weighted by atomic mass is 9.99. The zero-order chi connectivity index (χ0) is 20.0. The predicted octanol–water partition coefficient (Wildman–Crippen LogP) is 6.73. The second-order valence-electron chi connectivity index (χ2n) is 8.11. The van der Waals surface area contributed by atoms with Crippen LogP contribution in [0.3, 0.4) is 0 Å². The van der Waals surface area contributed by atoms with Crippen LogP contribution in [0.15, 0.2) is 78.9 Å². The highest BCUT2D eigenvalue weighted by molar-refractivity contribution is 7.99. The van der Waals surface area contributed by atoms with Crippen LogP contribution in [0.1, 0.15) is 53.4 Å². The molecule has 0 saturated heterocycles. The van der Waals surface area contributed by atoms with E-state index in [9.17, 15) is 4.79 Å². The molecule has 0 aromatic heterocycles. The van der Waals surface area contributed by atoms with Crippen LogP contribution in [0.25, 0.3) is 0 Å². The van der Waals surface area contributed by atoms with Gasteiger partial charge in [-0.3, -0.25) is 4.79 Å². The zero-order valence-electron chi connectivity index (χ0n) is 16.9. The number of benzene rings is 3. The maximum Gasteiger partial charge on any atom is 0.193 e. The molecule has 0 saturated carbocycles. The zero-order valence-corrected chi connectivity index (χ0v) is 17.8. The largest absolute Gasteiger partial charge is 0.289 e. The summed E-state index contributed by atoms with van der Waals surface area (Å²) in [4.78, 5) is 12.5. The summed E-state index contributed by atoms with van der Waals surface area (Å²) in [6.45, 7) is 6.76. The van der Waals surface area contributed by atoms with Gasteiger partial charge < -0.3 is 0 Å². The summed E-state index contributed by atoms with van der Waals surface area (Å²) in [7, 11) is 0. The minimum Gasteiger partial charge on any atom is -0.289 e. The average molecular weight is 389 g/mol. The standard InChI is InChI=1S/C26H28OS/c1-26(2,3)28-19-22-13-11-20(12-14-22)9-10-21-15-17-24(18-16-21)25(27)23-7-5-4-6-8-23/h4-8,11-18H,9-10,19H2,1-3H3. The number of ketones is 1. The summed E-state index contributed by atoms with van der Waals surface area (Å²) >= 11 is 1.98. The Morgan fingerprint density at radius 2 is 1.14 bits per heavy atom. The molecule has 28 heavy (non-hydrogen) atoms. The molecule has 0 N–H and O–H groups in total. The highest BCUT2D eigenvalue weighted by Crippen LogP contribution is 2.27. The first-order valence-electron chi connectivity index (χ1n) is 9.81. The lowest BCUT2D eigenvalue weighted by Gasteiger charge is -2.17. The molecule has 144 valence electrons. The van der Waals surface area contributed by atoms with Crippen molar-refractivity contribution in [2.45, 2.75) is 44.1 Å². The molecule has 0 radical (unpaired) electrons. The number of hydrogen-bond acceptors (Lipinski definition) is 2. The lowest BCUT2D eigenvalue weighted by molar-refractivity contribution is 0.103. The Morgan fingerprint density at radius 1 is 0.679 bits per heavy atom. The third-order valence-electron chi connectivity index (χ3n) is 4.65. The van der Waals surface area contributed by atoms with Gasteiger partial charge in [0.05, 0.1) is 0 Å². The van der Waals surface area contributed by atoms with Crippen LogP contribution >= 0.6 is 11.8 Å². The van der Waals surface area contributed by atoms with Crippen molar-refractivity contribution in [3.05, 3.63) is 107 Å². The number of carbonyl (C=O) groups is 1. The van der Waals surface area contributed by atoms with Crippen molar-refractivity contribution in [2.24, 2.45) is 0 Å². The van der Waals surface area contributed by atoms with Crippen molar-refractivity contribution >= 4 is 17.5 Å². The molecule has 0 heterocycles. The summed E-state index contributed by atoms with van der Waals surface area (Å²) in [6.07, 6.45) is 1.99. The molecule has 2 heteroatoms. The van der Waals surface area contributed by atoms with E-state index in [2.05, 4.69) is 57.2 Å². The molecule has 0 bridgehead atoms. The highest BCUT2D eigenvalue weighted by Gasteiger charge is 2.10. The van der Waals surface area contributed by atoms with Crippen molar-refractivity contribution in [3.8, 4) is 0 Å². The van der Waals surface area contributed by atoms with Crippen molar-refractivity contribution in [1.29, 1.82) is 0 Å². The minimum absolute atomic E-state index is 0.0795. The predicted molar refractivity (Wildman–Crippen MR) is 121 cm³/mol. The molecule has 3 rings (SSSR count). The van der Waals surface area contributed by atoms with Gasteiger partial charge in [-0.1, -0.05) is 99.6 Å². The fraction of sp³-hybridized carbons (Fsp3) is 0.269. The maximum absolute atomic E-state index is 12.5. The molecule has 3 aromatic rings. The van der Waals surface area contributed by atoms with Crippen LogP contribution in [0, 0.1) is 0 Å². The van der Waals surface area contributed by atoms with E-state index in [-0.39, 0.29) is 5.78 Å². The van der Waals surface area contributed by atoms with Crippen molar-refractivity contribution in [1.82, 2.24) is 0 Å². The molecule has 0 aliphatic carbocycles. The van der Waals surface area contributed by atoms with E-state index in [1.54, 1.807) is 0 Å². The Bertz CT molecular complexity index is 888. The van der Waals surface area contributed by atoms with Crippen LogP contribution in [-0.2, 0) is 18.6 Å². The van der Waals surface area contributed by atoms with Crippen LogP contribution in [0.4, 0.5) is 0 Å². The van der Waals surface area contributed by atoms with E-state index in [1.807, 2.05) is 54.2 Å². The molecular weight excluding hydrogens is 360 g/mol. The maximum atomic E-state index is 12.5. The molecular formula is C26H28OS. The van der Waals surface area contributed by atoms with E-state index in [1.165, 1.54) is 16.7 Å². The summed E-state index contributed by atoms with van der Waals surface area (Å²) in [5, 5.41) is 0. The van der Waals surface area contributed by atoms with E-state index in [4.69, 9.17) is 0 Å². The Balaban J connectivity index is 1.54. The average Bonchev–Trinajstić information content (AvgIpc) is 2.71. The van der Waals surface area contributed by atoms with Gasteiger partial charge >= 0.3 is 0 Å². The molecule has 0 aliphatic heterocycles. The van der Waals surface area contributed by atoms with Gasteiger partial charge in [-0.25, -0.2) is 0 Å². The molecule has 0 aliphatic rings. The first-order chi connectivity index (χ1) is 13.4. The van der Waals surface area contributed by atoms with Crippen LogP contribution in [0.2, 0.25) is 0 Å². The summed E-state index contributed by atoms with van der Waals surface area (Å²) in [5.74, 6) is 1.14. The van der Waals surface area contributed by atoms with Gasteiger partial charge in [0.2, 0.25) is 0 Å². The van der Waals surface area contributed by atoms with Crippen LogP contribution in [0.5, 0.6) is 0 Å². The molecule has 3 aromatic carbocycles. The lowest BCUT2D eigenvalue weighted by Crippen LogP contribution is -2.07. The number of carbonyl (C=O) groups excluding carboxylic acids is 1. The number of thioether (sulfide) groups is 1. The van der Waals surface area contributed by atoms with Gasteiger partial charge in [0.15, 0.2) is 5.78 Å². The molecule has 0 fully saturated rings. The second-order valence-corrected chi connectivity index (χ2v) is 9.91. The van der Waals surface area contributed by atoms with Gasteiger partial charge in [0, 0.05) is 21.6 Å². The van der Waals surface area contributed by atoms with Gasteiger partial charge in [0.1, 0.15) is 0 Å². The monoisotopic (exact) mass is 388 g/mol. The second kappa shape index (κ2) is 9.25. The van der Waals surface area contributed by atoms with E-state index < -0.39 is 0 Å². The summed E-state index contributed by atoms with van der Waals surface area (Å²) < 4.78 is 0.298. The number of aryl methyl sites for hydroxylation is 2. The highest BCUT2D eigenvalue weighted by atomic mass is 32.2. The molecule has 1 nitrogen and oxygen atoms in total. The Hall–Kier alpha value is -2.32. The first-order valence-corrected chi connectivity index (χ1v) is 10.8. The van der Waals surface area contributed by atoms with Crippen LogP contribution in [-0.4, -0.2) is 10.5 Å². The SMILES string of the molecule is CC(C)(C)SCc1ccc(CCc2ccc(C(=O)c3ccccc3)cc2)cc1. The smallest absolute Gasteiger partial charge is 0.193 e. The van der Waals surface area contributed by atoms with E-state index >= 15 is 0 Å². The fourth-order valence-electron chi connectivity index (χ4n) is 2.97. The van der Waals surface area contributed by atoms with E-state index in [0.717, 1.165) is 29.7 Å². The van der Waals surface area contributed by atoms with Crippen molar-refractivity contribution in [3.63, 3.8) is 0 Å². The number of rotatable bonds is 7. The number of hydrogen-bond donors (Lipinski definition) is 0. The van der Waals surface area contributed by atoms with Gasteiger partial charge in [0.25, 0.3) is 0 Å². The summed E-state index contributed by atoms with van der Waals surface area (Å²) in [5.41, 5.74) is 5.48. The van der Waals surface area contributed by atoms with Gasteiger partial charge in [-0.15, -0.1) is 0 Å². The van der Waals surface area contributed by atoms with Crippen LogP contribution < -0.4 is 0 Å². The normalized spacial score (nSPS) is 11.4. The third-order valence-corrected chi connectivity index (χ3v) is 5.99. The molecule has 0 amide bonds. The summed E-state index contributed by atoms with van der Waals surface area (Å²) in [6, 6.07) is 26.5. The minimum atomic E-state index is 0.0795. The fourth-order valence-corrected chi connectivity index (χ4v) is 3.76. The van der Waals surface area contributed by atoms with E-state index in [0.29, 0.717) is 4.75 Å². The Morgan fingerprint density at radius 3 is 1.68 bits per heavy atom.